The van der Waals surface area contributed by atoms with Gasteiger partial charge in [0.25, 0.3) is 5.91 Å². The number of aromatic nitrogens is 1. The Morgan fingerprint density at radius 1 is 1.20 bits per heavy atom. The second-order valence-corrected chi connectivity index (χ2v) is 5.90. The molecule has 6 heteroatoms. The molecule has 1 amide bonds. The molecule has 3 rings (SSSR count). The predicted octanol–water partition coefficient (Wildman–Crippen LogP) is 4.42. The Morgan fingerprint density at radius 2 is 1.96 bits per heavy atom. The first-order valence-electron chi connectivity index (χ1n) is 7.80. The average molecular weight is 359 g/mol. The van der Waals surface area contributed by atoms with Gasteiger partial charge in [-0.15, -0.1) is 0 Å². The average Bonchev–Trinajstić information content (AvgIpc) is 2.96. The molecule has 1 N–H and O–H groups in total. The first-order valence-corrected chi connectivity index (χ1v) is 8.18. The van der Waals surface area contributed by atoms with Crippen molar-refractivity contribution in [2.75, 3.05) is 6.54 Å². The summed E-state index contributed by atoms with van der Waals surface area (Å²) in [5.41, 5.74) is 1.49. The van der Waals surface area contributed by atoms with Crippen LogP contribution in [0.2, 0.25) is 5.02 Å². The van der Waals surface area contributed by atoms with E-state index in [9.17, 15) is 9.18 Å². The van der Waals surface area contributed by atoms with E-state index >= 15 is 0 Å². The van der Waals surface area contributed by atoms with Crippen molar-refractivity contribution in [1.82, 2.24) is 10.3 Å². The van der Waals surface area contributed by atoms with E-state index in [1.165, 1.54) is 18.2 Å². The van der Waals surface area contributed by atoms with Gasteiger partial charge >= 0.3 is 0 Å². The van der Waals surface area contributed by atoms with Crippen molar-refractivity contribution >= 4 is 17.5 Å². The molecule has 1 heterocycles. The highest BCUT2D eigenvalue weighted by atomic mass is 35.5. The fourth-order valence-corrected chi connectivity index (χ4v) is 2.71. The lowest BCUT2D eigenvalue weighted by atomic mass is 10.2. The van der Waals surface area contributed by atoms with Crippen molar-refractivity contribution in [3.05, 3.63) is 76.4 Å². The van der Waals surface area contributed by atoms with Gasteiger partial charge in [-0.3, -0.25) is 4.79 Å². The van der Waals surface area contributed by atoms with E-state index in [1.807, 2.05) is 37.3 Å². The SMILES string of the molecule is Cc1oc(-c2ccccc2)nc1CCNC(=O)c1c(F)cccc1Cl. The molecule has 0 bridgehead atoms. The number of hydrogen-bond donors (Lipinski definition) is 1. The number of carbonyl (C=O) groups excluding carboxylic acids is 1. The van der Waals surface area contributed by atoms with Crippen LogP contribution < -0.4 is 5.32 Å². The van der Waals surface area contributed by atoms with E-state index in [1.54, 1.807) is 0 Å². The number of halogens is 2. The van der Waals surface area contributed by atoms with Gasteiger partial charge in [-0.05, 0) is 31.2 Å². The smallest absolute Gasteiger partial charge is 0.255 e. The standard InChI is InChI=1S/C19H16ClFN2O2/c1-12-16(23-19(25-12)13-6-3-2-4-7-13)10-11-22-18(24)17-14(20)8-5-9-15(17)21/h2-9H,10-11H2,1H3,(H,22,24). The van der Waals surface area contributed by atoms with Crippen LogP contribution in [0.25, 0.3) is 11.5 Å². The third-order valence-electron chi connectivity index (χ3n) is 3.75. The van der Waals surface area contributed by atoms with E-state index in [4.69, 9.17) is 16.0 Å². The van der Waals surface area contributed by atoms with E-state index in [0.717, 1.165) is 11.3 Å². The van der Waals surface area contributed by atoms with Gasteiger partial charge in [0, 0.05) is 18.5 Å². The first kappa shape index (κ1) is 17.2. The highest BCUT2D eigenvalue weighted by Gasteiger charge is 2.16. The van der Waals surface area contributed by atoms with Gasteiger partial charge in [-0.25, -0.2) is 9.37 Å². The number of aryl methyl sites for hydroxylation is 1. The van der Waals surface area contributed by atoms with E-state index in [2.05, 4.69) is 10.3 Å². The van der Waals surface area contributed by atoms with Crippen molar-refractivity contribution in [2.24, 2.45) is 0 Å². The second kappa shape index (κ2) is 7.49. The van der Waals surface area contributed by atoms with E-state index in [0.29, 0.717) is 24.6 Å². The van der Waals surface area contributed by atoms with Crippen molar-refractivity contribution in [2.45, 2.75) is 13.3 Å². The summed E-state index contributed by atoms with van der Waals surface area (Å²) in [6.07, 6.45) is 0.472. The Bertz CT molecular complexity index is 873. The molecule has 0 saturated heterocycles. The minimum atomic E-state index is -0.644. The molecule has 0 radical (unpaired) electrons. The third-order valence-corrected chi connectivity index (χ3v) is 4.07. The maximum absolute atomic E-state index is 13.7. The topological polar surface area (TPSA) is 55.1 Å². The van der Waals surface area contributed by atoms with Crippen LogP contribution in [0.4, 0.5) is 4.39 Å². The molecular weight excluding hydrogens is 343 g/mol. The Balaban J connectivity index is 1.65. The van der Waals surface area contributed by atoms with Crippen LogP contribution >= 0.6 is 11.6 Å². The van der Waals surface area contributed by atoms with Gasteiger partial charge in [0.15, 0.2) is 0 Å². The molecule has 0 saturated carbocycles. The zero-order valence-electron chi connectivity index (χ0n) is 13.6. The Kier molecular flexibility index (Phi) is 5.14. The third kappa shape index (κ3) is 3.88. The Labute approximate surface area is 149 Å². The molecule has 0 unspecified atom stereocenters. The molecule has 0 aliphatic rings. The highest BCUT2D eigenvalue weighted by molar-refractivity contribution is 6.33. The summed E-state index contributed by atoms with van der Waals surface area (Å²) in [4.78, 5) is 16.6. The van der Waals surface area contributed by atoms with Crippen molar-refractivity contribution in [3.63, 3.8) is 0 Å². The van der Waals surface area contributed by atoms with Crippen LogP contribution in [0.1, 0.15) is 21.8 Å². The van der Waals surface area contributed by atoms with Crippen LogP contribution in [0.15, 0.2) is 52.9 Å². The number of nitrogens with one attached hydrogen (secondary N) is 1. The van der Waals surface area contributed by atoms with Crippen molar-refractivity contribution in [1.29, 1.82) is 0 Å². The largest absolute Gasteiger partial charge is 0.441 e. The minimum Gasteiger partial charge on any atom is -0.441 e. The quantitative estimate of drug-likeness (QED) is 0.734. The van der Waals surface area contributed by atoms with Crippen LogP contribution in [-0.2, 0) is 6.42 Å². The zero-order chi connectivity index (χ0) is 17.8. The molecule has 0 fully saturated rings. The number of rotatable bonds is 5. The fraction of sp³-hybridized carbons (Fsp3) is 0.158. The summed E-state index contributed by atoms with van der Waals surface area (Å²) in [5, 5.41) is 2.75. The summed E-state index contributed by atoms with van der Waals surface area (Å²) in [6.45, 7) is 2.12. The van der Waals surface area contributed by atoms with E-state index < -0.39 is 11.7 Å². The van der Waals surface area contributed by atoms with Gasteiger partial charge in [0.2, 0.25) is 5.89 Å². The molecule has 2 aromatic carbocycles. The summed E-state index contributed by atoms with van der Waals surface area (Å²) >= 11 is 5.89. The van der Waals surface area contributed by atoms with Crippen molar-refractivity contribution < 1.29 is 13.6 Å². The molecule has 0 spiro atoms. The molecule has 0 aliphatic heterocycles. The lowest BCUT2D eigenvalue weighted by Crippen LogP contribution is -2.27. The minimum absolute atomic E-state index is 0.0847. The second-order valence-electron chi connectivity index (χ2n) is 5.49. The van der Waals surface area contributed by atoms with Crippen molar-refractivity contribution in [3.8, 4) is 11.5 Å². The lowest BCUT2D eigenvalue weighted by molar-refractivity contribution is 0.0950. The Hall–Kier alpha value is -2.66. The summed E-state index contributed by atoms with van der Waals surface area (Å²) < 4.78 is 19.4. The monoisotopic (exact) mass is 358 g/mol. The first-order chi connectivity index (χ1) is 12.1. The normalized spacial score (nSPS) is 10.7. The molecular formula is C19H16ClFN2O2. The van der Waals surface area contributed by atoms with Gasteiger partial charge in [-0.2, -0.15) is 0 Å². The lowest BCUT2D eigenvalue weighted by Gasteiger charge is -2.07. The van der Waals surface area contributed by atoms with Crippen LogP contribution in [0, 0.1) is 12.7 Å². The van der Waals surface area contributed by atoms with Crippen LogP contribution in [0.5, 0.6) is 0 Å². The fourth-order valence-electron chi connectivity index (χ4n) is 2.46. The summed E-state index contributed by atoms with van der Waals surface area (Å²) in [5.74, 6) is 0.0371. The maximum atomic E-state index is 13.7. The number of oxazole rings is 1. The molecule has 1 aromatic heterocycles. The maximum Gasteiger partial charge on any atom is 0.255 e. The van der Waals surface area contributed by atoms with E-state index in [-0.39, 0.29) is 10.6 Å². The molecule has 128 valence electrons. The number of hydrogen-bond acceptors (Lipinski definition) is 3. The molecule has 0 aliphatic carbocycles. The molecule has 0 atom stereocenters. The molecule has 4 nitrogen and oxygen atoms in total. The van der Waals surface area contributed by atoms with Gasteiger partial charge in [-0.1, -0.05) is 35.9 Å². The zero-order valence-corrected chi connectivity index (χ0v) is 14.3. The number of benzene rings is 2. The number of nitrogens with zero attached hydrogens (tertiary/aromatic N) is 1. The van der Waals surface area contributed by atoms with Gasteiger partial charge in [0.05, 0.1) is 16.3 Å². The highest BCUT2D eigenvalue weighted by Crippen LogP contribution is 2.22. The van der Waals surface area contributed by atoms with Crippen LogP contribution in [0.3, 0.4) is 0 Å². The predicted molar refractivity (Wildman–Crippen MR) is 94.1 cm³/mol. The number of amides is 1. The van der Waals surface area contributed by atoms with Gasteiger partial charge < -0.3 is 9.73 Å². The van der Waals surface area contributed by atoms with Gasteiger partial charge in [0.1, 0.15) is 11.6 Å². The van der Waals surface area contributed by atoms with Crippen LogP contribution in [-0.4, -0.2) is 17.4 Å². The molecule has 3 aromatic rings. The molecule has 25 heavy (non-hydrogen) atoms. The summed E-state index contributed by atoms with van der Waals surface area (Å²) in [6, 6.07) is 13.7. The number of carbonyl (C=O) groups is 1. The Morgan fingerprint density at radius 3 is 2.68 bits per heavy atom. The summed E-state index contributed by atoms with van der Waals surface area (Å²) in [7, 11) is 0.